The van der Waals surface area contributed by atoms with Crippen LogP contribution in [0.25, 0.3) is 0 Å². The fourth-order valence-corrected chi connectivity index (χ4v) is 5.01. The summed E-state index contributed by atoms with van der Waals surface area (Å²) in [5.74, 6) is -0.00853. The van der Waals surface area contributed by atoms with E-state index >= 15 is 0 Å². The molecule has 1 N–H and O–H groups in total. The maximum atomic E-state index is 14.0. The zero-order valence-corrected chi connectivity index (χ0v) is 20.4. The average molecular weight is 543 g/mol. The number of para-hydroxylation sites is 1. The van der Waals surface area contributed by atoms with Crippen LogP contribution in [0.15, 0.2) is 108 Å². The zero-order chi connectivity index (χ0) is 23.3. The molecule has 1 unspecified atom stereocenters. The van der Waals surface area contributed by atoms with Gasteiger partial charge in [-0.15, -0.1) is 0 Å². The Kier molecular flexibility index (Phi) is 7.19. The zero-order valence-electron chi connectivity index (χ0n) is 17.2. The van der Waals surface area contributed by atoms with E-state index in [-0.39, 0.29) is 11.3 Å². The number of carbonyl (C=O) groups excluding carboxylic acids is 1. The van der Waals surface area contributed by atoms with E-state index in [1.165, 1.54) is 12.1 Å². The van der Waals surface area contributed by atoms with Gasteiger partial charge in [0.1, 0.15) is 11.5 Å². The van der Waals surface area contributed by atoms with E-state index in [4.69, 9.17) is 20.6 Å². The van der Waals surface area contributed by atoms with Gasteiger partial charge in [0, 0.05) is 15.2 Å². The third-order valence-electron chi connectivity index (χ3n) is 4.55. The van der Waals surface area contributed by atoms with E-state index in [0.29, 0.717) is 21.8 Å². The van der Waals surface area contributed by atoms with Gasteiger partial charge in [-0.05, 0) is 66.7 Å². The van der Waals surface area contributed by atoms with Crippen LogP contribution in [0.3, 0.4) is 0 Å². The number of nitrogens with one attached hydrogen (secondary N) is 1. The second kappa shape index (κ2) is 10.3. The number of benzene rings is 4. The third kappa shape index (κ3) is 5.85. The van der Waals surface area contributed by atoms with Crippen molar-refractivity contribution in [1.82, 2.24) is 0 Å². The Balaban J connectivity index is 1.70. The second-order valence-electron chi connectivity index (χ2n) is 6.93. The van der Waals surface area contributed by atoms with Crippen molar-refractivity contribution in [3.8, 4) is 11.5 Å². The van der Waals surface area contributed by atoms with E-state index in [0.717, 1.165) is 4.47 Å². The molecule has 0 radical (unpaired) electrons. The van der Waals surface area contributed by atoms with Crippen molar-refractivity contribution in [2.75, 3.05) is 5.32 Å². The third-order valence-corrected chi connectivity index (χ3v) is 7.13. The molecule has 8 heteroatoms. The molecule has 0 fully saturated rings. The van der Waals surface area contributed by atoms with Crippen molar-refractivity contribution in [3.05, 3.63) is 118 Å². The van der Waals surface area contributed by atoms with E-state index in [1.807, 2.05) is 18.2 Å². The van der Waals surface area contributed by atoms with Crippen LogP contribution in [0.4, 0.5) is 5.69 Å². The Hall–Kier alpha value is -3.05. The Bertz CT molecular complexity index is 1300. The second-order valence-corrected chi connectivity index (χ2v) is 10.2. The maximum absolute atomic E-state index is 14.0. The van der Waals surface area contributed by atoms with E-state index in [2.05, 4.69) is 21.2 Å². The van der Waals surface area contributed by atoms with Gasteiger partial charge < -0.3 is 14.4 Å². The van der Waals surface area contributed by atoms with Crippen LogP contribution in [-0.2, 0) is 4.57 Å². The smallest absolute Gasteiger partial charge is 0.413 e. The molecule has 0 saturated carbocycles. The lowest BCUT2D eigenvalue weighted by Crippen LogP contribution is -2.17. The Morgan fingerprint density at radius 3 is 2.12 bits per heavy atom. The Morgan fingerprint density at radius 1 is 0.818 bits per heavy atom. The molecule has 0 aliphatic heterocycles. The summed E-state index contributed by atoms with van der Waals surface area (Å²) < 4.78 is 26.7. The van der Waals surface area contributed by atoms with Gasteiger partial charge in [-0.2, -0.15) is 0 Å². The molecule has 4 aromatic rings. The molecule has 0 spiro atoms. The fraction of sp³-hybridized carbons (Fsp3) is 0. The lowest BCUT2D eigenvalue weighted by atomic mass is 10.2. The number of anilines is 1. The van der Waals surface area contributed by atoms with Gasteiger partial charge in [0.25, 0.3) is 5.91 Å². The van der Waals surface area contributed by atoms with Crippen molar-refractivity contribution < 1.29 is 18.4 Å². The van der Waals surface area contributed by atoms with Gasteiger partial charge in [-0.3, -0.25) is 4.79 Å². The van der Waals surface area contributed by atoms with Crippen LogP contribution in [0.2, 0.25) is 5.02 Å². The maximum Gasteiger partial charge on any atom is 0.462 e. The Morgan fingerprint density at radius 2 is 1.45 bits per heavy atom. The first-order valence-corrected chi connectivity index (χ1v) is 12.6. The van der Waals surface area contributed by atoms with Crippen LogP contribution in [-0.4, -0.2) is 5.91 Å². The molecule has 1 atom stereocenters. The predicted octanol–water partition coefficient (Wildman–Crippen LogP) is 7.33. The lowest BCUT2D eigenvalue weighted by molar-refractivity contribution is 0.102. The van der Waals surface area contributed by atoms with Crippen LogP contribution in [0.5, 0.6) is 11.5 Å². The SMILES string of the molecule is O=C(Nc1ccc(Br)cc1)c1cc(Cl)ccc1OP(=O)(Oc1ccccc1)c1ccccc1. The number of rotatable bonds is 7. The van der Waals surface area contributed by atoms with Crippen LogP contribution < -0.4 is 19.7 Å². The Labute approximate surface area is 205 Å². The molecule has 0 aromatic heterocycles. The summed E-state index contributed by atoms with van der Waals surface area (Å²) in [5, 5.41) is 3.48. The van der Waals surface area contributed by atoms with Gasteiger partial charge in [0.15, 0.2) is 0 Å². The summed E-state index contributed by atoms with van der Waals surface area (Å²) in [6, 6.07) is 29.0. The summed E-state index contributed by atoms with van der Waals surface area (Å²) in [6.07, 6.45) is 0. The molecule has 0 aliphatic carbocycles. The van der Waals surface area contributed by atoms with Crippen molar-refractivity contribution in [2.24, 2.45) is 0 Å². The summed E-state index contributed by atoms with van der Waals surface area (Å²) in [4.78, 5) is 13.1. The summed E-state index contributed by atoms with van der Waals surface area (Å²) in [6.45, 7) is 0. The van der Waals surface area contributed by atoms with Gasteiger partial charge in [0.2, 0.25) is 0 Å². The minimum Gasteiger partial charge on any atom is -0.413 e. The molecular formula is C25H18BrClNO4P. The molecule has 0 saturated heterocycles. The summed E-state index contributed by atoms with van der Waals surface area (Å²) in [7, 11) is -3.92. The molecular weight excluding hydrogens is 525 g/mol. The highest BCUT2D eigenvalue weighted by Crippen LogP contribution is 2.48. The predicted molar refractivity (Wildman–Crippen MR) is 135 cm³/mol. The minimum absolute atomic E-state index is 0.0807. The topological polar surface area (TPSA) is 64.6 Å². The first-order valence-electron chi connectivity index (χ1n) is 9.89. The minimum atomic E-state index is -3.92. The van der Waals surface area contributed by atoms with Crippen molar-refractivity contribution in [3.63, 3.8) is 0 Å². The number of hydrogen-bond donors (Lipinski definition) is 1. The first-order chi connectivity index (χ1) is 15.9. The molecule has 33 heavy (non-hydrogen) atoms. The fourth-order valence-electron chi connectivity index (χ4n) is 2.98. The lowest BCUT2D eigenvalue weighted by Gasteiger charge is -2.21. The van der Waals surface area contributed by atoms with Gasteiger partial charge in [0.05, 0.1) is 10.9 Å². The van der Waals surface area contributed by atoms with E-state index < -0.39 is 13.5 Å². The van der Waals surface area contributed by atoms with Crippen molar-refractivity contribution in [2.45, 2.75) is 0 Å². The van der Waals surface area contributed by atoms with Crippen LogP contribution in [0, 0.1) is 0 Å². The molecule has 0 heterocycles. The summed E-state index contributed by atoms with van der Waals surface area (Å²) in [5.41, 5.74) is 0.708. The normalized spacial score (nSPS) is 12.4. The molecule has 4 aromatic carbocycles. The van der Waals surface area contributed by atoms with Crippen LogP contribution >= 0.6 is 35.1 Å². The largest absolute Gasteiger partial charge is 0.462 e. The molecule has 1 amide bonds. The molecule has 166 valence electrons. The number of carbonyl (C=O) groups is 1. The number of amides is 1. The van der Waals surface area contributed by atoms with Gasteiger partial charge >= 0.3 is 7.60 Å². The van der Waals surface area contributed by atoms with Gasteiger partial charge in [-0.25, -0.2) is 4.57 Å². The van der Waals surface area contributed by atoms with Crippen molar-refractivity contribution in [1.29, 1.82) is 0 Å². The highest BCUT2D eigenvalue weighted by Gasteiger charge is 2.33. The number of halogens is 2. The average Bonchev–Trinajstić information content (AvgIpc) is 2.83. The number of hydrogen-bond acceptors (Lipinski definition) is 4. The highest BCUT2D eigenvalue weighted by molar-refractivity contribution is 9.10. The quantitative estimate of drug-likeness (QED) is 0.248. The van der Waals surface area contributed by atoms with Crippen LogP contribution in [0.1, 0.15) is 10.4 Å². The van der Waals surface area contributed by atoms with E-state index in [1.54, 1.807) is 72.8 Å². The summed E-state index contributed by atoms with van der Waals surface area (Å²) >= 11 is 9.53. The molecule has 0 bridgehead atoms. The molecule has 5 nitrogen and oxygen atoms in total. The van der Waals surface area contributed by atoms with Crippen molar-refractivity contribution >= 4 is 52.0 Å². The first kappa shape index (κ1) is 23.1. The molecule has 4 rings (SSSR count). The molecule has 0 aliphatic rings. The monoisotopic (exact) mass is 541 g/mol. The standard InChI is InChI=1S/C25H18BrClNO4P/c26-18-11-14-20(15-12-18)28-25(29)23-17-19(27)13-16-24(23)32-33(30,22-9-5-2-6-10-22)31-21-7-3-1-4-8-21/h1-17H,(H,28,29). The van der Waals surface area contributed by atoms with Gasteiger partial charge in [-0.1, -0.05) is 63.9 Å². The van der Waals surface area contributed by atoms with E-state index in [9.17, 15) is 9.36 Å². The highest BCUT2D eigenvalue weighted by atomic mass is 79.9.